The number of nitrogens with two attached hydrogens (primary N) is 1. The van der Waals surface area contributed by atoms with Crippen LogP contribution in [-0.2, 0) is 22.6 Å². The number of carbonyl (C=O) groups excluding carboxylic acids is 2. The van der Waals surface area contributed by atoms with Gasteiger partial charge in [0, 0.05) is 11.4 Å². The first-order chi connectivity index (χ1) is 14.5. The molecule has 0 radical (unpaired) electrons. The standard InChI is InChI=1S/C23H22FN3O2S/c24-18-9-7-15(8-10-18)22(20-6-3-11-30-20)26-21(28)14-27-13-17-5-2-1-4-16(17)12-19(27)23(25)29/h1-11,19,22H,12-14H2,(H2,25,29)(H,26,28)/t19-,22+/m0/s1. The van der Waals surface area contributed by atoms with Crippen LogP contribution < -0.4 is 11.1 Å². The van der Waals surface area contributed by atoms with Gasteiger partial charge in [-0.3, -0.25) is 14.5 Å². The Morgan fingerprint density at radius 3 is 2.50 bits per heavy atom. The van der Waals surface area contributed by atoms with Gasteiger partial charge in [-0.1, -0.05) is 42.5 Å². The van der Waals surface area contributed by atoms with Crippen LogP contribution in [0.2, 0.25) is 0 Å². The summed E-state index contributed by atoms with van der Waals surface area (Å²) in [5, 5.41) is 4.97. The topological polar surface area (TPSA) is 75.4 Å². The van der Waals surface area contributed by atoms with Crippen LogP contribution >= 0.6 is 11.3 Å². The summed E-state index contributed by atoms with van der Waals surface area (Å²) in [6, 6.07) is 16.9. The zero-order valence-corrected chi connectivity index (χ0v) is 17.1. The molecule has 2 heterocycles. The molecule has 0 saturated carbocycles. The van der Waals surface area contributed by atoms with Gasteiger partial charge < -0.3 is 11.1 Å². The molecule has 4 rings (SSSR count). The molecule has 7 heteroatoms. The summed E-state index contributed by atoms with van der Waals surface area (Å²) in [6.07, 6.45) is 0.491. The van der Waals surface area contributed by atoms with Crippen LogP contribution in [0, 0.1) is 5.82 Å². The van der Waals surface area contributed by atoms with Crippen LogP contribution in [0.25, 0.3) is 0 Å². The van der Waals surface area contributed by atoms with Gasteiger partial charge in [-0.05, 0) is 46.7 Å². The lowest BCUT2D eigenvalue weighted by molar-refractivity contribution is -0.127. The third kappa shape index (κ3) is 4.42. The summed E-state index contributed by atoms with van der Waals surface area (Å²) in [4.78, 5) is 27.8. The van der Waals surface area contributed by atoms with Crippen LogP contribution in [-0.4, -0.2) is 29.3 Å². The zero-order chi connectivity index (χ0) is 21.1. The van der Waals surface area contributed by atoms with Gasteiger partial charge >= 0.3 is 0 Å². The molecule has 2 atom stereocenters. The first-order valence-electron chi connectivity index (χ1n) is 9.69. The molecule has 0 saturated heterocycles. The molecule has 0 aliphatic carbocycles. The maximum Gasteiger partial charge on any atom is 0.235 e. The number of hydrogen-bond acceptors (Lipinski definition) is 4. The Hall–Kier alpha value is -3.03. The van der Waals surface area contributed by atoms with E-state index in [0.717, 1.165) is 21.6 Å². The number of halogens is 1. The monoisotopic (exact) mass is 423 g/mol. The largest absolute Gasteiger partial charge is 0.368 e. The van der Waals surface area contributed by atoms with E-state index in [1.54, 1.807) is 12.1 Å². The number of rotatable bonds is 6. The van der Waals surface area contributed by atoms with Gasteiger partial charge in [-0.2, -0.15) is 0 Å². The molecule has 0 unspecified atom stereocenters. The molecule has 2 aromatic carbocycles. The lowest BCUT2D eigenvalue weighted by Gasteiger charge is -2.34. The van der Waals surface area contributed by atoms with Crippen molar-refractivity contribution in [3.63, 3.8) is 0 Å². The minimum absolute atomic E-state index is 0.0466. The second-order valence-electron chi connectivity index (χ2n) is 7.36. The van der Waals surface area contributed by atoms with E-state index in [-0.39, 0.29) is 24.3 Å². The predicted molar refractivity (Wildman–Crippen MR) is 114 cm³/mol. The Bertz CT molecular complexity index is 1040. The maximum atomic E-state index is 13.4. The van der Waals surface area contributed by atoms with Crippen LogP contribution in [0.5, 0.6) is 0 Å². The van der Waals surface area contributed by atoms with Crippen LogP contribution in [0.1, 0.15) is 27.6 Å². The summed E-state index contributed by atoms with van der Waals surface area (Å²) < 4.78 is 13.4. The predicted octanol–water partition coefficient (Wildman–Crippen LogP) is 3.01. The van der Waals surface area contributed by atoms with Crippen molar-refractivity contribution < 1.29 is 14.0 Å². The number of carbonyl (C=O) groups is 2. The Balaban J connectivity index is 1.53. The van der Waals surface area contributed by atoms with Gasteiger partial charge in [0.05, 0.1) is 18.6 Å². The van der Waals surface area contributed by atoms with Crippen molar-refractivity contribution in [2.24, 2.45) is 5.73 Å². The van der Waals surface area contributed by atoms with Crippen LogP contribution in [0.15, 0.2) is 66.0 Å². The normalized spacial score (nSPS) is 17.2. The minimum atomic E-state index is -0.531. The number of benzene rings is 2. The Kier molecular flexibility index (Phi) is 5.92. The van der Waals surface area contributed by atoms with Gasteiger partial charge in [-0.25, -0.2) is 4.39 Å². The van der Waals surface area contributed by atoms with Crippen molar-refractivity contribution in [3.05, 3.63) is 93.4 Å². The van der Waals surface area contributed by atoms with E-state index < -0.39 is 11.9 Å². The Labute approximate surface area is 178 Å². The van der Waals surface area contributed by atoms with E-state index in [4.69, 9.17) is 5.73 Å². The van der Waals surface area contributed by atoms with Gasteiger partial charge in [0.1, 0.15) is 5.82 Å². The lowest BCUT2D eigenvalue weighted by atomic mass is 9.93. The van der Waals surface area contributed by atoms with Crippen LogP contribution in [0.3, 0.4) is 0 Å². The summed E-state index contributed by atoms with van der Waals surface area (Å²) in [5.41, 5.74) is 8.60. The molecule has 0 fully saturated rings. The molecular weight excluding hydrogens is 401 g/mol. The molecule has 2 amide bonds. The molecule has 1 aliphatic heterocycles. The van der Waals surface area contributed by atoms with Gasteiger partial charge in [0.15, 0.2) is 0 Å². The fourth-order valence-corrected chi connectivity index (χ4v) is 4.65. The number of primary amides is 1. The molecule has 1 aliphatic rings. The van der Waals surface area contributed by atoms with E-state index in [9.17, 15) is 14.0 Å². The number of hydrogen-bond donors (Lipinski definition) is 2. The molecule has 154 valence electrons. The number of thiophene rings is 1. The molecule has 1 aromatic heterocycles. The smallest absolute Gasteiger partial charge is 0.235 e. The van der Waals surface area contributed by atoms with Gasteiger partial charge in [-0.15, -0.1) is 11.3 Å². The molecule has 30 heavy (non-hydrogen) atoms. The molecular formula is C23H22FN3O2S. The zero-order valence-electron chi connectivity index (χ0n) is 16.3. The fourth-order valence-electron chi connectivity index (χ4n) is 3.84. The Morgan fingerprint density at radius 2 is 1.83 bits per heavy atom. The van der Waals surface area contributed by atoms with Crippen molar-refractivity contribution in [1.82, 2.24) is 10.2 Å². The Morgan fingerprint density at radius 1 is 1.10 bits per heavy atom. The SMILES string of the molecule is NC(=O)[C@@H]1Cc2ccccc2CN1CC(=O)N[C@H](c1ccc(F)cc1)c1cccs1. The average Bonchev–Trinajstić information content (AvgIpc) is 3.27. The third-order valence-electron chi connectivity index (χ3n) is 5.36. The second kappa shape index (κ2) is 8.77. The van der Waals surface area contributed by atoms with E-state index in [1.165, 1.54) is 23.5 Å². The first-order valence-corrected chi connectivity index (χ1v) is 10.6. The minimum Gasteiger partial charge on any atom is -0.368 e. The highest BCUT2D eigenvalue weighted by Crippen LogP contribution is 2.27. The van der Waals surface area contributed by atoms with E-state index >= 15 is 0 Å². The number of nitrogens with zero attached hydrogens (tertiary/aromatic N) is 1. The number of nitrogens with one attached hydrogen (secondary N) is 1. The molecule has 3 N–H and O–H groups in total. The quantitative estimate of drug-likeness (QED) is 0.640. The lowest BCUT2D eigenvalue weighted by Crippen LogP contribution is -2.52. The highest BCUT2D eigenvalue weighted by molar-refractivity contribution is 7.10. The first kappa shape index (κ1) is 20.3. The third-order valence-corrected chi connectivity index (χ3v) is 6.29. The van der Waals surface area contributed by atoms with Crippen molar-refractivity contribution in [2.75, 3.05) is 6.54 Å². The molecule has 0 bridgehead atoms. The number of fused-ring (bicyclic) bond motifs is 1. The fraction of sp³-hybridized carbons (Fsp3) is 0.217. The number of amides is 2. The van der Waals surface area contributed by atoms with E-state index in [1.807, 2.05) is 46.7 Å². The summed E-state index contributed by atoms with van der Waals surface area (Å²) >= 11 is 1.52. The second-order valence-corrected chi connectivity index (χ2v) is 8.34. The van der Waals surface area contributed by atoms with Crippen LogP contribution in [0.4, 0.5) is 4.39 Å². The maximum absolute atomic E-state index is 13.4. The van der Waals surface area contributed by atoms with Crippen molar-refractivity contribution in [2.45, 2.75) is 25.0 Å². The average molecular weight is 424 g/mol. The van der Waals surface area contributed by atoms with E-state index in [0.29, 0.717) is 13.0 Å². The summed E-state index contributed by atoms with van der Waals surface area (Å²) in [7, 11) is 0. The van der Waals surface area contributed by atoms with Gasteiger partial charge in [0.2, 0.25) is 11.8 Å². The summed E-state index contributed by atoms with van der Waals surface area (Å²) in [6.45, 7) is 0.530. The molecule has 5 nitrogen and oxygen atoms in total. The molecule has 0 spiro atoms. The van der Waals surface area contributed by atoms with Crippen molar-refractivity contribution in [3.8, 4) is 0 Å². The highest BCUT2D eigenvalue weighted by Gasteiger charge is 2.31. The highest BCUT2D eigenvalue weighted by atomic mass is 32.1. The van der Waals surface area contributed by atoms with Gasteiger partial charge in [0.25, 0.3) is 0 Å². The van der Waals surface area contributed by atoms with Crippen molar-refractivity contribution >= 4 is 23.2 Å². The van der Waals surface area contributed by atoms with E-state index in [2.05, 4.69) is 5.32 Å². The summed E-state index contributed by atoms with van der Waals surface area (Å²) in [5.74, 6) is -0.986. The molecule has 3 aromatic rings. The van der Waals surface area contributed by atoms with Crippen molar-refractivity contribution in [1.29, 1.82) is 0 Å².